The molecule has 21 heavy (non-hydrogen) atoms. The highest BCUT2D eigenvalue weighted by Gasteiger charge is 2.23. The maximum atomic E-state index is 12.5. The van der Waals surface area contributed by atoms with E-state index in [1.54, 1.807) is 24.3 Å². The Labute approximate surface area is 128 Å². The maximum Gasteiger partial charge on any atom is 0.308 e. The first kappa shape index (κ1) is 17.6. The molecule has 0 saturated carbocycles. The van der Waals surface area contributed by atoms with Crippen molar-refractivity contribution in [3.8, 4) is 0 Å². The third-order valence-corrected chi connectivity index (χ3v) is 3.98. The smallest absolute Gasteiger partial charge is 0.308 e. The number of aromatic nitrogens is 1. The van der Waals surface area contributed by atoms with Gasteiger partial charge in [0, 0.05) is 26.3 Å². The first-order valence-electron chi connectivity index (χ1n) is 6.97. The van der Waals surface area contributed by atoms with Gasteiger partial charge < -0.3 is 14.7 Å². The number of nitrogens with zero attached hydrogens (tertiary/aromatic N) is 2. The quantitative estimate of drug-likeness (QED) is 0.706. The van der Waals surface area contributed by atoms with Crippen LogP contribution < -0.4 is 0 Å². The predicted molar refractivity (Wildman–Crippen MR) is 80.7 cm³/mol. The first-order valence-corrected chi connectivity index (χ1v) is 7.85. The number of rotatable bonds is 9. The summed E-state index contributed by atoms with van der Waals surface area (Å²) in [5, 5.41) is 9.04. The van der Waals surface area contributed by atoms with E-state index < -0.39 is 11.9 Å². The van der Waals surface area contributed by atoms with Crippen molar-refractivity contribution in [2.45, 2.75) is 27.2 Å². The van der Waals surface area contributed by atoms with Crippen molar-refractivity contribution >= 4 is 23.2 Å². The van der Waals surface area contributed by atoms with Crippen molar-refractivity contribution in [3.05, 3.63) is 16.1 Å². The van der Waals surface area contributed by atoms with Gasteiger partial charge in [-0.15, -0.1) is 11.3 Å². The van der Waals surface area contributed by atoms with E-state index in [2.05, 4.69) is 4.98 Å². The van der Waals surface area contributed by atoms with E-state index in [4.69, 9.17) is 9.84 Å². The molecule has 1 aromatic heterocycles. The Bertz CT molecular complexity index is 475. The fourth-order valence-corrected chi connectivity index (χ4v) is 2.61. The van der Waals surface area contributed by atoms with E-state index in [-0.39, 0.29) is 12.5 Å². The zero-order chi connectivity index (χ0) is 15.8. The number of aryl methyl sites for hydroxylation is 1. The SMILES string of the molecule is CCOCCCN(CC(C)C(=O)O)C(=O)c1scnc1C. The maximum absolute atomic E-state index is 12.5. The van der Waals surface area contributed by atoms with Gasteiger partial charge in [0.25, 0.3) is 5.91 Å². The summed E-state index contributed by atoms with van der Waals surface area (Å²) in [5.41, 5.74) is 2.31. The van der Waals surface area contributed by atoms with Crippen LogP contribution in [0.2, 0.25) is 0 Å². The molecular weight excluding hydrogens is 292 g/mol. The Morgan fingerprint density at radius 3 is 2.76 bits per heavy atom. The van der Waals surface area contributed by atoms with Gasteiger partial charge in [0.2, 0.25) is 0 Å². The van der Waals surface area contributed by atoms with Crippen molar-refractivity contribution in [1.29, 1.82) is 0 Å². The molecule has 118 valence electrons. The van der Waals surface area contributed by atoms with Gasteiger partial charge in [0.1, 0.15) is 4.88 Å². The minimum atomic E-state index is -0.904. The van der Waals surface area contributed by atoms with E-state index >= 15 is 0 Å². The zero-order valence-electron chi connectivity index (χ0n) is 12.7. The van der Waals surface area contributed by atoms with Crippen LogP contribution in [0.5, 0.6) is 0 Å². The third-order valence-electron chi connectivity index (χ3n) is 3.06. The van der Waals surface area contributed by atoms with Crippen LogP contribution in [0.4, 0.5) is 0 Å². The van der Waals surface area contributed by atoms with Crippen LogP contribution in [-0.2, 0) is 9.53 Å². The van der Waals surface area contributed by atoms with Crippen molar-refractivity contribution in [1.82, 2.24) is 9.88 Å². The Hall–Kier alpha value is -1.47. The second-order valence-corrected chi connectivity index (χ2v) is 5.66. The lowest BCUT2D eigenvalue weighted by molar-refractivity contribution is -0.141. The molecular formula is C14H22N2O4S. The Morgan fingerprint density at radius 2 is 2.24 bits per heavy atom. The Morgan fingerprint density at radius 1 is 1.52 bits per heavy atom. The van der Waals surface area contributed by atoms with Crippen LogP contribution in [0.3, 0.4) is 0 Å². The first-order chi connectivity index (χ1) is 9.97. The number of aliphatic carboxylic acids is 1. The number of amides is 1. The highest BCUT2D eigenvalue weighted by Crippen LogP contribution is 2.16. The van der Waals surface area contributed by atoms with Crippen molar-refractivity contribution in [3.63, 3.8) is 0 Å². The van der Waals surface area contributed by atoms with E-state index in [1.807, 2.05) is 6.92 Å². The largest absolute Gasteiger partial charge is 0.481 e. The molecule has 1 aromatic rings. The lowest BCUT2D eigenvalue weighted by Crippen LogP contribution is -2.38. The third kappa shape index (κ3) is 5.43. The van der Waals surface area contributed by atoms with Crippen LogP contribution in [0.1, 0.15) is 35.6 Å². The number of hydrogen-bond donors (Lipinski definition) is 1. The van der Waals surface area contributed by atoms with Gasteiger partial charge in [-0.1, -0.05) is 6.92 Å². The molecule has 1 rings (SSSR count). The lowest BCUT2D eigenvalue weighted by Gasteiger charge is -2.24. The number of ether oxygens (including phenoxy) is 1. The summed E-state index contributed by atoms with van der Waals surface area (Å²) in [7, 11) is 0. The molecule has 0 aliphatic carbocycles. The molecule has 1 unspecified atom stereocenters. The second kappa shape index (κ2) is 8.74. The minimum Gasteiger partial charge on any atom is -0.481 e. The summed E-state index contributed by atoms with van der Waals surface area (Å²) in [5.74, 6) is -1.66. The van der Waals surface area contributed by atoms with Crippen LogP contribution >= 0.6 is 11.3 Å². The predicted octanol–water partition coefficient (Wildman–Crippen LogP) is 2.04. The van der Waals surface area contributed by atoms with E-state index in [0.717, 1.165) is 0 Å². The van der Waals surface area contributed by atoms with E-state index in [9.17, 15) is 9.59 Å². The Kier molecular flexibility index (Phi) is 7.31. The molecule has 1 amide bonds. The fraction of sp³-hybridized carbons (Fsp3) is 0.643. The number of thiazole rings is 1. The van der Waals surface area contributed by atoms with Gasteiger partial charge in [-0.25, -0.2) is 4.98 Å². The fourth-order valence-electron chi connectivity index (χ4n) is 1.84. The van der Waals surface area contributed by atoms with Gasteiger partial charge >= 0.3 is 5.97 Å². The van der Waals surface area contributed by atoms with Crippen molar-refractivity contribution in [2.75, 3.05) is 26.3 Å². The zero-order valence-corrected chi connectivity index (χ0v) is 13.5. The number of carbonyl (C=O) groups is 2. The van der Waals surface area contributed by atoms with Crippen LogP contribution in [0.15, 0.2) is 5.51 Å². The molecule has 0 spiro atoms. The molecule has 1 heterocycles. The number of carbonyl (C=O) groups excluding carboxylic acids is 1. The number of carboxylic acids is 1. The van der Waals surface area contributed by atoms with Crippen LogP contribution in [-0.4, -0.2) is 53.2 Å². The van der Waals surface area contributed by atoms with E-state index in [0.29, 0.717) is 36.8 Å². The monoisotopic (exact) mass is 314 g/mol. The molecule has 0 radical (unpaired) electrons. The molecule has 6 nitrogen and oxygen atoms in total. The van der Waals surface area contributed by atoms with Crippen LogP contribution in [0.25, 0.3) is 0 Å². The van der Waals surface area contributed by atoms with Crippen LogP contribution in [0, 0.1) is 12.8 Å². The summed E-state index contributed by atoms with van der Waals surface area (Å²) >= 11 is 1.28. The molecule has 0 aliphatic rings. The minimum absolute atomic E-state index is 0.153. The van der Waals surface area contributed by atoms with Crippen molar-refractivity contribution in [2.24, 2.45) is 5.92 Å². The average molecular weight is 314 g/mol. The standard InChI is InChI=1S/C14H22N2O4S/c1-4-20-7-5-6-16(8-10(2)14(18)19)13(17)12-11(3)15-9-21-12/h9-10H,4-8H2,1-3H3,(H,18,19). The average Bonchev–Trinajstić information content (AvgIpc) is 2.87. The summed E-state index contributed by atoms with van der Waals surface area (Å²) in [4.78, 5) is 29.8. The van der Waals surface area contributed by atoms with Gasteiger partial charge in [-0.2, -0.15) is 0 Å². The van der Waals surface area contributed by atoms with Gasteiger partial charge in [0.05, 0.1) is 17.1 Å². The highest BCUT2D eigenvalue weighted by molar-refractivity contribution is 7.11. The van der Waals surface area contributed by atoms with E-state index in [1.165, 1.54) is 11.3 Å². The highest BCUT2D eigenvalue weighted by atomic mass is 32.1. The van der Waals surface area contributed by atoms with Gasteiger partial charge in [-0.3, -0.25) is 9.59 Å². The summed E-state index contributed by atoms with van der Waals surface area (Å²) in [6, 6.07) is 0. The summed E-state index contributed by atoms with van der Waals surface area (Å²) in [6.45, 7) is 7.16. The topological polar surface area (TPSA) is 79.7 Å². The molecule has 0 saturated heterocycles. The number of carboxylic acid groups (broad SMARTS) is 1. The summed E-state index contributed by atoms with van der Waals surface area (Å²) < 4.78 is 5.27. The van der Waals surface area contributed by atoms with Gasteiger partial charge in [0.15, 0.2) is 0 Å². The molecule has 1 N–H and O–H groups in total. The van der Waals surface area contributed by atoms with Crippen molar-refractivity contribution < 1.29 is 19.4 Å². The number of hydrogen-bond acceptors (Lipinski definition) is 5. The molecule has 0 aliphatic heterocycles. The molecule has 0 aromatic carbocycles. The lowest BCUT2D eigenvalue weighted by atomic mass is 10.1. The molecule has 0 bridgehead atoms. The molecule has 1 atom stereocenters. The Balaban J connectivity index is 2.73. The second-order valence-electron chi connectivity index (χ2n) is 4.81. The molecule has 0 fully saturated rings. The van der Waals surface area contributed by atoms with Gasteiger partial charge in [-0.05, 0) is 20.3 Å². The molecule has 7 heteroatoms. The summed E-state index contributed by atoms with van der Waals surface area (Å²) in [6.07, 6.45) is 0.684. The normalized spacial score (nSPS) is 12.1.